The number of amides is 1. The largest absolute Gasteiger partial charge is 0.358 e. The number of hydrogen-bond donors (Lipinski definition) is 3. The molecule has 0 saturated heterocycles. The summed E-state index contributed by atoms with van der Waals surface area (Å²) in [6, 6.07) is 13.3. The maximum absolute atomic E-state index is 12.3. The van der Waals surface area contributed by atoms with Crippen LogP contribution in [0.4, 0.5) is 0 Å². The van der Waals surface area contributed by atoms with Crippen LogP contribution in [0.3, 0.4) is 0 Å². The summed E-state index contributed by atoms with van der Waals surface area (Å²) < 4.78 is 0. The van der Waals surface area contributed by atoms with E-state index < -0.39 is 0 Å². The monoisotopic (exact) mass is 373 g/mol. The molecule has 2 atom stereocenters. The van der Waals surface area contributed by atoms with Gasteiger partial charge in [0.15, 0.2) is 0 Å². The van der Waals surface area contributed by atoms with Crippen molar-refractivity contribution in [3.63, 3.8) is 0 Å². The predicted molar refractivity (Wildman–Crippen MR) is 101 cm³/mol. The first kappa shape index (κ1) is 16.5. The highest BCUT2D eigenvalue weighted by Crippen LogP contribution is 2.36. The number of aromatic amines is 1. The van der Waals surface area contributed by atoms with Gasteiger partial charge in [0.05, 0.1) is 22.1 Å². The molecule has 0 fully saturated rings. The lowest BCUT2D eigenvalue weighted by Gasteiger charge is -2.31. The van der Waals surface area contributed by atoms with Crippen molar-refractivity contribution >= 4 is 40.0 Å². The Bertz CT molecular complexity index is 966. The molecule has 3 aromatic rings. The minimum Gasteiger partial charge on any atom is -0.358 e. The minimum atomic E-state index is -0.309. The Labute approximate surface area is 155 Å². The summed E-state index contributed by atoms with van der Waals surface area (Å²) in [5, 5.41) is 8.35. The van der Waals surface area contributed by atoms with Crippen LogP contribution >= 0.6 is 23.2 Å². The van der Waals surface area contributed by atoms with Crippen LogP contribution in [0.25, 0.3) is 10.9 Å². The number of fused-ring (bicyclic) bond motifs is 3. The van der Waals surface area contributed by atoms with Crippen LogP contribution in [0.2, 0.25) is 10.0 Å². The molecule has 0 unspecified atom stereocenters. The molecule has 3 N–H and O–H groups in total. The number of nitrogens with one attached hydrogen (secondary N) is 3. The van der Waals surface area contributed by atoms with Crippen LogP contribution in [0, 0.1) is 0 Å². The highest BCUT2D eigenvalue weighted by Gasteiger charge is 2.33. The quantitative estimate of drug-likeness (QED) is 0.639. The number of likely N-dealkylation sites (N-methyl/N-ethyl adjacent to an activating group) is 1. The average Bonchev–Trinajstić information content (AvgIpc) is 3.01. The van der Waals surface area contributed by atoms with Crippen LogP contribution in [-0.4, -0.2) is 24.0 Å². The number of aromatic nitrogens is 1. The van der Waals surface area contributed by atoms with Crippen molar-refractivity contribution < 1.29 is 4.79 Å². The maximum Gasteiger partial charge on any atom is 0.237 e. The summed E-state index contributed by atoms with van der Waals surface area (Å²) in [4.78, 5) is 15.8. The Balaban J connectivity index is 1.88. The molecular formula is C19H17Cl2N3O. The summed E-state index contributed by atoms with van der Waals surface area (Å²) in [6.45, 7) is 0. The third-order valence-corrected chi connectivity index (χ3v) is 5.49. The van der Waals surface area contributed by atoms with Crippen molar-refractivity contribution in [1.82, 2.24) is 15.6 Å². The van der Waals surface area contributed by atoms with Gasteiger partial charge in [0.1, 0.15) is 0 Å². The van der Waals surface area contributed by atoms with E-state index in [4.69, 9.17) is 23.2 Å². The van der Waals surface area contributed by atoms with E-state index in [1.165, 1.54) is 5.56 Å². The highest BCUT2D eigenvalue weighted by molar-refractivity contribution is 6.42. The molecule has 2 aromatic carbocycles. The summed E-state index contributed by atoms with van der Waals surface area (Å²) in [6.07, 6.45) is 0.636. The number of para-hydroxylation sites is 1. The second-order valence-corrected chi connectivity index (χ2v) is 7.02. The van der Waals surface area contributed by atoms with Gasteiger partial charge >= 0.3 is 0 Å². The molecule has 2 heterocycles. The fourth-order valence-electron chi connectivity index (χ4n) is 3.53. The van der Waals surface area contributed by atoms with Crippen molar-refractivity contribution in [2.75, 3.05) is 7.05 Å². The molecule has 0 saturated carbocycles. The van der Waals surface area contributed by atoms with Gasteiger partial charge in [-0.15, -0.1) is 0 Å². The smallest absolute Gasteiger partial charge is 0.237 e. The Kier molecular flexibility index (Phi) is 4.20. The van der Waals surface area contributed by atoms with Crippen molar-refractivity contribution in [3.05, 3.63) is 69.3 Å². The Morgan fingerprint density at radius 2 is 1.96 bits per heavy atom. The summed E-state index contributed by atoms with van der Waals surface area (Å²) in [5.41, 5.74) is 4.27. The maximum atomic E-state index is 12.3. The van der Waals surface area contributed by atoms with E-state index in [0.29, 0.717) is 16.5 Å². The van der Waals surface area contributed by atoms with E-state index in [0.717, 1.165) is 22.2 Å². The Morgan fingerprint density at radius 1 is 1.16 bits per heavy atom. The van der Waals surface area contributed by atoms with Crippen LogP contribution in [0.15, 0.2) is 42.5 Å². The van der Waals surface area contributed by atoms with Gasteiger partial charge in [0, 0.05) is 23.6 Å². The van der Waals surface area contributed by atoms with E-state index >= 15 is 0 Å². The van der Waals surface area contributed by atoms with E-state index in [9.17, 15) is 4.79 Å². The van der Waals surface area contributed by atoms with Crippen LogP contribution < -0.4 is 10.6 Å². The van der Waals surface area contributed by atoms with Gasteiger partial charge in [-0.05, 0) is 35.7 Å². The first-order valence-corrected chi connectivity index (χ1v) is 8.86. The number of benzene rings is 2. The molecule has 6 heteroatoms. The van der Waals surface area contributed by atoms with Gasteiger partial charge in [-0.1, -0.05) is 47.5 Å². The van der Waals surface area contributed by atoms with Crippen molar-refractivity contribution in [2.24, 2.45) is 0 Å². The fraction of sp³-hybridized carbons (Fsp3) is 0.211. The standard InChI is InChI=1S/C19H17Cl2N3O/c1-22-19(25)16-9-12-11-4-2-3-5-15(11)23-18(12)17(24-16)10-6-7-13(20)14(21)8-10/h2-8,16-17,23-24H,9H2,1H3,(H,22,25)/t16-,17+/m0/s1. The Morgan fingerprint density at radius 3 is 2.72 bits per heavy atom. The number of H-pyrrole nitrogens is 1. The zero-order valence-corrected chi connectivity index (χ0v) is 15.1. The lowest BCUT2D eigenvalue weighted by atomic mass is 9.90. The molecule has 128 valence electrons. The third-order valence-electron chi connectivity index (χ3n) is 4.75. The predicted octanol–water partition coefficient (Wildman–Crippen LogP) is 3.82. The molecule has 4 rings (SSSR count). The van der Waals surface area contributed by atoms with E-state index in [-0.39, 0.29) is 18.0 Å². The van der Waals surface area contributed by atoms with E-state index in [2.05, 4.69) is 27.8 Å². The van der Waals surface area contributed by atoms with Gasteiger partial charge in [-0.25, -0.2) is 0 Å². The minimum absolute atomic E-state index is 0.0269. The molecule has 25 heavy (non-hydrogen) atoms. The van der Waals surface area contributed by atoms with Crippen molar-refractivity contribution in [3.8, 4) is 0 Å². The van der Waals surface area contributed by atoms with Gasteiger partial charge in [0.2, 0.25) is 5.91 Å². The van der Waals surface area contributed by atoms with Crippen molar-refractivity contribution in [1.29, 1.82) is 0 Å². The molecule has 1 aliphatic rings. The van der Waals surface area contributed by atoms with E-state index in [1.54, 1.807) is 13.1 Å². The van der Waals surface area contributed by atoms with Gasteiger partial charge in [-0.3, -0.25) is 10.1 Å². The van der Waals surface area contributed by atoms with Crippen LogP contribution in [-0.2, 0) is 11.2 Å². The number of carbonyl (C=O) groups excluding carboxylic acids is 1. The molecule has 0 spiro atoms. The third kappa shape index (κ3) is 2.80. The summed E-state index contributed by atoms with van der Waals surface area (Å²) >= 11 is 12.3. The fourth-order valence-corrected chi connectivity index (χ4v) is 3.84. The molecule has 4 nitrogen and oxygen atoms in total. The first-order valence-electron chi connectivity index (χ1n) is 8.10. The Hall–Kier alpha value is -2.01. The zero-order valence-electron chi connectivity index (χ0n) is 13.6. The molecule has 1 aliphatic heterocycles. The number of rotatable bonds is 2. The SMILES string of the molecule is CNC(=O)[C@@H]1Cc2c([nH]c3ccccc23)[C@@H](c2ccc(Cl)c(Cl)c2)N1. The van der Waals surface area contributed by atoms with Crippen LogP contribution in [0.1, 0.15) is 22.9 Å². The van der Waals surface area contributed by atoms with Crippen molar-refractivity contribution in [2.45, 2.75) is 18.5 Å². The molecular weight excluding hydrogens is 357 g/mol. The number of halogens is 2. The van der Waals surface area contributed by atoms with Gasteiger partial charge in [0.25, 0.3) is 0 Å². The normalized spacial score (nSPS) is 19.6. The van der Waals surface area contributed by atoms with Gasteiger partial charge < -0.3 is 10.3 Å². The molecule has 0 bridgehead atoms. The molecule has 0 aliphatic carbocycles. The first-order chi connectivity index (χ1) is 12.1. The van der Waals surface area contributed by atoms with Gasteiger partial charge in [-0.2, -0.15) is 0 Å². The van der Waals surface area contributed by atoms with Crippen LogP contribution in [0.5, 0.6) is 0 Å². The zero-order chi connectivity index (χ0) is 17.6. The van der Waals surface area contributed by atoms with E-state index in [1.807, 2.05) is 24.3 Å². The molecule has 1 aromatic heterocycles. The highest BCUT2D eigenvalue weighted by atomic mass is 35.5. The summed E-state index contributed by atoms with van der Waals surface area (Å²) in [5.74, 6) is -0.0269. The lowest BCUT2D eigenvalue weighted by molar-refractivity contribution is -0.122. The second kappa shape index (κ2) is 6.37. The topological polar surface area (TPSA) is 56.9 Å². The lowest BCUT2D eigenvalue weighted by Crippen LogP contribution is -2.49. The number of hydrogen-bond acceptors (Lipinski definition) is 2. The summed E-state index contributed by atoms with van der Waals surface area (Å²) in [7, 11) is 1.66. The number of carbonyl (C=O) groups is 1. The molecule has 1 amide bonds. The average molecular weight is 374 g/mol. The molecule has 0 radical (unpaired) electrons. The second-order valence-electron chi connectivity index (χ2n) is 6.21.